The molecular weight excluding hydrogens is 355 g/mol. The Labute approximate surface area is 157 Å². The molecule has 8 heteroatoms. The van der Waals surface area contributed by atoms with Crippen molar-refractivity contribution in [3.8, 4) is 11.5 Å². The van der Waals surface area contributed by atoms with Crippen LogP contribution < -0.4 is 9.47 Å². The number of halogens is 1. The average Bonchev–Trinajstić information content (AvgIpc) is 2.90. The second kappa shape index (κ2) is 7.34. The molecule has 0 radical (unpaired) electrons. The highest BCUT2D eigenvalue weighted by Crippen LogP contribution is 2.43. The smallest absolute Gasteiger partial charge is 0.309 e. The zero-order valence-corrected chi connectivity index (χ0v) is 15.8. The van der Waals surface area contributed by atoms with Crippen molar-refractivity contribution in [2.75, 3.05) is 34.4 Å². The minimum Gasteiger partial charge on any atom is -0.493 e. The normalized spacial score (nSPS) is 22.3. The summed E-state index contributed by atoms with van der Waals surface area (Å²) in [7, 11) is 4.65. The van der Waals surface area contributed by atoms with E-state index in [0.717, 1.165) is 0 Å². The summed E-state index contributed by atoms with van der Waals surface area (Å²) in [5, 5.41) is 9.54. The summed E-state index contributed by atoms with van der Waals surface area (Å²) in [6.45, 7) is 1.57. The number of carboxylic acids is 1. The van der Waals surface area contributed by atoms with Crippen molar-refractivity contribution < 1.29 is 28.6 Å². The zero-order valence-electron chi connectivity index (χ0n) is 15.8. The highest BCUT2D eigenvalue weighted by molar-refractivity contribution is 5.88. The van der Waals surface area contributed by atoms with Gasteiger partial charge in [0.2, 0.25) is 5.91 Å². The standard InChI is InChI=1S/C19H25FN2O5/c1-21-17(23)9-13(18(24)25)19(21)4-6-22(7-5-19)11-12-8-15(26-2)16(27-3)10-14(12)20/h8,10,13H,4-7,9,11H2,1-3H3,(H,24,25)/t13-/m0/s1. The van der Waals surface area contributed by atoms with Crippen LogP contribution in [-0.2, 0) is 16.1 Å². The number of amides is 1. The van der Waals surface area contributed by atoms with E-state index in [9.17, 15) is 19.1 Å². The zero-order chi connectivity index (χ0) is 19.8. The molecule has 148 valence electrons. The van der Waals surface area contributed by atoms with Gasteiger partial charge in [0, 0.05) is 44.7 Å². The van der Waals surface area contributed by atoms with E-state index >= 15 is 0 Å². The molecule has 2 heterocycles. The lowest BCUT2D eigenvalue weighted by molar-refractivity contribution is -0.146. The second-order valence-electron chi connectivity index (χ2n) is 7.23. The summed E-state index contributed by atoms with van der Waals surface area (Å²) < 4.78 is 24.7. The van der Waals surface area contributed by atoms with Crippen LogP contribution in [0, 0.1) is 11.7 Å². The van der Waals surface area contributed by atoms with Gasteiger partial charge in [-0.25, -0.2) is 4.39 Å². The molecule has 1 aromatic carbocycles. The van der Waals surface area contributed by atoms with Gasteiger partial charge in [-0.15, -0.1) is 0 Å². The molecule has 1 N–H and O–H groups in total. The van der Waals surface area contributed by atoms with Gasteiger partial charge in [0.15, 0.2) is 11.5 Å². The SMILES string of the molecule is COc1cc(F)c(CN2CCC3(CC2)[C@H](C(=O)O)CC(=O)N3C)cc1OC. The van der Waals surface area contributed by atoms with Gasteiger partial charge in [0.1, 0.15) is 5.82 Å². The summed E-state index contributed by atoms with van der Waals surface area (Å²) in [5.41, 5.74) is -0.149. The number of nitrogens with zero attached hydrogens (tertiary/aromatic N) is 2. The molecule has 0 aliphatic carbocycles. The summed E-state index contributed by atoms with van der Waals surface area (Å²) in [5.74, 6) is -1.30. The molecule has 2 saturated heterocycles. The van der Waals surface area contributed by atoms with Gasteiger partial charge >= 0.3 is 5.97 Å². The molecule has 0 unspecified atom stereocenters. The van der Waals surface area contributed by atoms with E-state index in [-0.39, 0.29) is 18.1 Å². The van der Waals surface area contributed by atoms with Crippen LogP contribution in [0.5, 0.6) is 11.5 Å². The fraction of sp³-hybridized carbons (Fsp3) is 0.579. The molecule has 1 amide bonds. The van der Waals surface area contributed by atoms with E-state index < -0.39 is 17.4 Å². The van der Waals surface area contributed by atoms with Crippen molar-refractivity contribution in [3.63, 3.8) is 0 Å². The predicted octanol–water partition coefficient (Wildman–Crippen LogP) is 1.74. The third-order valence-corrected chi connectivity index (χ3v) is 6.04. The molecule has 0 aromatic heterocycles. The van der Waals surface area contributed by atoms with E-state index in [2.05, 4.69) is 4.90 Å². The van der Waals surface area contributed by atoms with Crippen molar-refractivity contribution in [2.24, 2.45) is 5.92 Å². The molecule has 3 rings (SSSR count). The molecule has 2 aliphatic heterocycles. The minimum atomic E-state index is -0.924. The Balaban J connectivity index is 1.73. The van der Waals surface area contributed by atoms with E-state index in [1.165, 1.54) is 20.3 Å². The number of methoxy groups -OCH3 is 2. The number of rotatable bonds is 5. The quantitative estimate of drug-likeness (QED) is 0.838. The number of piperidine rings is 1. The molecule has 1 aromatic rings. The van der Waals surface area contributed by atoms with Crippen molar-refractivity contribution >= 4 is 11.9 Å². The number of carboxylic acid groups (broad SMARTS) is 1. The minimum absolute atomic E-state index is 0.0517. The fourth-order valence-electron chi connectivity index (χ4n) is 4.34. The van der Waals surface area contributed by atoms with Crippen LogP contribution in [0.15, 0.2) is 12.1 Å². The fourth-order valence-corrected chi connectivity index (χ4v) is 4.34. The molecule has 2 aliphatic rings. The Morgan fingerprint density at radius 1 is 1.26 bits per heavy atom. The largest absolute Gasteiger partial charge is 0.493 e. The number of carbonyl (C=O) groups is 2. The highest BCUT2D eigenvalue weighted by Gasteiger charge is 2.55. The number of aliphatic carboxylic acids is 1. The molecule has 27 heavy (non-hydrogen) atoms. The van der Waals surface area contributed by atoms with Gasteiger partial charge in [-0.1, -0.05) is 0 Å². The van der Waals surface area contributed by atoms with Crippen molar-refractivity contribution in [2.45, 2.75) is 31.3 Å². The molecule has 0 bridgehead atoms. The molecule has 1 spiro atoms. The van der Waals surface area contributed by atoms with Crippen molar-refractivity contribution in [3.05, 3.63) is 23.5 Å². The predicted molar refractivity (Wildman–Crippen MR) is 95.3 cm³/mol. The Morgan fingerprint density at radius 2 is 1.85 bits per heavy atom. The maximum Gasteiger partial charge on any atom is 0.309 e. The highest BCUT2D eigenvalue weighted by atomic mass is 19.1. The Morgan fingerprint density at radius 3 is 2.41 bits per heavy atom. The number of likely N-dealkylation sites (tertiary alicyclic amines) is 2. The van der Waals surface area contributed by atoms with Gasteiger partial charge in [-0.2, -0.15) is 0 Å². The topological polar surface area (TPSA) is 79.3 Å². The second-order valence-corrected chi connectivity index (χ2v) is 7.23. The lowest BCUT2D eigenvalue weighted by Gasteiger charge is -2.45. The number of ether oxygens (including phenoxy) is 2. The first-order chi connectivity index (χ1) is 12.8. The molecular formula is C19H25FN2O5. The molecule has 2 fully saturated rings. The van der Waals surface area contributed by atoms with E-state index in [0.29, 0.717) is 49.5 Å². The molecule has 0 saturated carbocycles. The van der Waals surface area contributed by atoms with Crippen LogP contribution in [0.1, 0.15) is 24.8 Å². The first-order valence-corrected chi connectivity index (χ1v) is 8.94. The average molecular weight is 380 g/mol. The number of benzene rings is 1. The number of hydrogen-bond donors (Lipinski definition) is 1. The lowest BCUT2D eigenvalue weighted by atomic mass is 9.77. The summed E-state index contributed by atoms with van der Waals surface area (Å²) in [6.07, 6.45) is 1.17. The Kier molecular flexibility index (Phi) is 5.28. The number of carbonyl (C=O) groups excluding carboxylic acids is 1. The summed E-state index contributed by atoms with van der Waals surface area (Å²) in [4.78, 5) is 27.4. The Bertz CT molecular complexity index is 746. The maximum absolute atomic E-state index is 14.4. The van der Waals surface area contributed by atoms with Crippen LogP contribution in [-0.4, -0.2) is 66.7 Å². The monoisotopic (exact) mass is 380 g/mol. The van der Waals surface area contributed by atoms with Crippen LogP contribution in [0.25, 0.3) is 0 Å². The first-order valence-electron chi connectivity index (χ1n) is 8.94. The summed E-state index contributed by atoms with van der Waals surface area (Å²) in [6, 6.07) is 2.94. The van der Waals surface area contributed by atoms with Gasteiger partial charge in [-0.05, 0) is 18.9 Å². The molecule has 1 atom stereocenters. The first kappa shape index (κ1) is 19.4. The van der Waals surface area contributed by atoms with Gasteiger partial charge in [0.25, 0.3) is 0 Å². The molecule has 7 nitrogen and oxygen atoms in total. The van der Waals surface area contributed by atoms with Crippen LogP contribution in [0.4, 0.5) is 4.39 Å². The summed E-state index contributed by atoms with van der Waals surface area (Å²) >= 11 is 0. The lowest BCUT2D eigenvalue weighted by Crippen LogP contribution is -2.55. The van der Waals surface area contributed by atoms with Gasteiger partial charge in [-0.3, -0.25) is 14.5 Å². The van der Waals surface area contributed by atoms with Gasteiger partial charge < -0.3 is 19.5 Å². The van der Waals surface area contributed by atoms with E-state index in [4.69, 9.17) is 9.47 Å². The van der Waals surface area contributed by atoms with Crippen LogP contribution in [0.2, 0.25) is 0 Å². The van der Waals surface area contributed by atoms with Crippen molar-refractivity contribution in [1.29, 1.82) is 0 Å². The maximum atomic E-state index is 14.4. The van der Waals surface area contributed by atoms with Crippen LogP contribution in [0.3, 0.4) is 0 Å². The van der Waals surface area contributed by atoms with Crippen LogP contribution >= 0.6 is 0 Å². The van der Waals surface area contributed by atoms with Crippen molar-refractivity contribution in [1.82, 2.24) is 9.80 Å². The van der Waals surface area contributed by atoms with E-state index in [1.54, 1.807) is 18.0 Å². The number of hydrogen-bond acceptors (Lipinski definition) is 5. The third kappa shape index (κ3) is 3.34. The Hall–Kier alpha value is -2.35. The van der Waals surface area contributed by atoms with Gasteiger partial charge in [0.05, 0.1) is 25.7 Å². The third-order valence-electron chi connectivity index (χ3n) is 6.04. The van der Waals surface area contributed by atoms with E-state index in [1.807, 2.05) is 0 Å².